The van der Waals surface area contributed by atoms with Gasteiger partial charge in [-0.15, -0.1) is 0 Å². The van der Waals surface area contributed by atoms with Gasteiger partial charge in [-0.25, -0.2) is 0 Å². The molecule has 0 aliphatic heterocycles. The molecule has 1 aromatic rings. The smallest absolute Gasteiger partial charge is 0.0361 e. The molecule has 0 fully saturated rings. The van der Waals surface area contributed by atoms with Crippen LogP contribution in [0.15, 0.2) is 12.1 Å². The van der Waals surface area contributed by atoms with Crippen molar-refractivity contribution in [1.29, 1.82) is 0 Å². The summed E-state index contributed by atoms with van der Waals surface area (Å²) in [7, 11) is 2.16. The van der Waals surface area contributed by atoms with E-state index in [0.29, 0.717) is 6.04 Å². The van der Waals surface area contributed by atoms with Crippen LogP contribution in [0.2, 0.25) is 0 Å². The summed E-state index contributed by atoms with van der Waals surface area (Å²) >= 11 is 0. The van der Waals surface area contributed by atoms with E-state index in [1.807, 2.05) is 0 Å². The van der Waals surface area contributed by atoms with Crippen molar-refractivity contribution in [2.45, 2.75) is 46.7 Å². The average molecular weight is 208 g/mol. The van der Waals surface area contributed by atoms with E-state index in [0.717, 1.165) is 18.9 Å². The Kier molecular flexibility index (Phi) is 4.40. The highest BCUT2D eigenvalue weighted by molar-refractivity contribution is 5.16. The van der Waals surface area contributed by atoms with Crippen LogP contribution >= 0.6 is 0 Å². The summed E-state index contributed by atoms with van der Waals surface area (Å²) in [6.07, 6.45) is 1.16. The highest BCUT2D eigenvalue weighted by Gasteiger charge is 2.06. The fourth-order valence-corrected chi connectivity index (χ4v) is 1.71. The molecule has 86 valence electrons. The van der Waals surface area contributed by atoms with Gasteiger partial charge in [0.15, 0.2) is 0 Å². The van der Waals surface area contributed by atoms with Gasteiger partial charge in [-0.05, 0) is 24.5 Å². The summed E-state index contributed by atoms with van der Waals surface area (Å²) in [6, 6.07) is 5.03. The Bertz CT molecular complexity index is 297. The molecule has 2 heteroatoms. The van der Waals surface area contributed by atoms with Crippen LogP contribution in [-0.4, -0.2) is 10.6 Å². The summed E-state index contributed by atoms with van der Waals surface area (Å²) in [5.41, 5.74) is 2.81. The SMILES string of the molecule is CC(C)Cc1ccc(CNC(C)C)n1C. The molecule has 0 unspecified atom stereocenters. The zero-order valence-corrected chi connectivity index (χ0v) is 10.7. The number of hydrogen-bond acceptors (Lipinski definition) is 1. The van der Waals surface area contributed by atoms with Gasteiger partial charge < -0.3 is 9.88 Å². The largest absolute Gasteiger partial charge is 0.350 e. The number of aromatic nitrogens is 1. The molecule has 2 nitrogen and oxygen atoms in total. The normalized spacial score (nSPS) is 11.7. The Balaban J connectivity index is 2.63. The Morgan fingerprint density at radius 1 is 1.13 bits per heavy atom. The van der Waals surface area contributed by atoms with Gasteiger partial charge in [0, 0.05) is 31.0 Å². The lowest BCUT2D eigenvalue weighted by molar-refractivity contribution is 0.559. The lowest BCUT2D eigenvalue weighted by Gasteiger charge is -2.11. The molecule has 0 saturated heterocycles. The zero-order valence-electron chi connectivity index (χ0n) is 10.7. The number of nitrogens with one attached hydrogen (secondary N) is 1. The second-order valence-electron chi connectivity index (χ2n) is 5.01. The zero-order chi connectivity index (χ0) is 11.4. The summed E-state index contributed by atoms with van der Waals surface area (Å²) in [6.45, 7) is 9.85. The van der Waals surface area contributed by atoms with Crippen molar-refractivity contribution in [3.05, 3.63) is 23.5 Å². The fourth-order valence-electron chi connectivity index (χ4n) is 1.71. The van der Waals surface area contributed by atoms with E-state index in [9.17, 15) is 0 Å². The minimum Gasteiger partial charge on any atom is -0.350 e. The lowest BCUT2D eigenvalue weighted by Crippen LogP contribution is -2.23. The molecule has 0 saturated carbocycles. The fraction of sp³-hybridized carbons (Fsp3) is 0.692. The lowest BCUT2D eigenvalue weighted by atomic mass is 10.1. The van der Waals surface area contributed by atoms with Gasteiger partial charge in [0.1, 0.15) is 0 Å². The maximum absolute atomic E-state index is 3.45. The van der Waals surface area contributed by atoms with E-state index in [1.54, 1.807) is 0 Å². The standard InChI is InChI=1S/C13H24N2/c1-10(2)8-12-6-7-13(15(12)5)9-14-11(3)4/h6-7,10-11,14H,8-9H2,1-5H3. The van der Waals surface area contributed by atoms with Crippen LogP contribution in [0.3, 0.4) is 0 Å². The number of hydrogen-bond donors (Lipinski definition) is 1. The molecule has 15 heavy (non-hydrogen) atoms. The van der Waals surface area contributed by atoms with Gasteiger partial charge >= 0.3 is 0 Å². The van der Waals surface area contributed by atoms with Crippen molar-refractivity contribution in [2.75, 3.05) is 0 Å². The van der Waals surface area contributed by atoms with Crippen molar-refractivity contribution in [3.63, 3.8) is 0 Å². The molecule has 1 aromatic heterocycles. The summed E-state index contributed by atoms with van der Waals surface area (Å²) in [5.74, 6) is 0.726. The summed E-state index contributed by atoms with van der Waals surface area (Å²) in [4.78, 5) is 0. The Morgan fingerprint density at radius 3 is 2.27 bits per heavy atom. The van der Waals surface area contributed by atoms with Crippen LogP contribution in [0.25, 0.3) is 0 Å². The Labute approximate surface area is 93.7 Å². The van der Waals surface area contributed by atoms with Crippen LogP contribution in [0, 0.1) is 5.92 Å². The van der Waals surface area contributed by atoms with Gasteiger partial charge in [0.25, 0.3) is 0 Å². The minimum atomic E-state index is 0.549. The third-order valence-corrected chi connectivity index (χ3v) is 2.64. The Hall–Kier alpha value is -0.760. The molecule has 1 heterocycles. The van der Waals surface area contributed by atoms with Crippen LogP contribution < -0.4 is 5.32 Å². The van der Waals surface area contributed by atoms with Crippen molar-refractivity contribution in [3.8, 4) is 0 Å². The molecule has 0 radical (unpaired) electrons. The van der Waals surface area contributed by atoms with Gasteiger partial charge in [-0.1, -0.05) is 27.7 Å². The first-order chi connectivity index (χ1) is 7.00. The topological polar surface area (TPSA) is 17.0 Å². The van der Waals surface area contributed by atoms with Crippen molar-refractivity contribution in [2.24, 2.45) is 13.0 Å². The van der Waals surface area contributed by atoms with E-state index in [-0.39, 0.29) is 0 Å². The molecular weight excluding hydrogens is 184 g/mol. The number of nitrogens with zero attached hydrogens (tertiary/aromatic N) is 1. The highest BCUT2D eigenvalue weighted by atomic mass is 15.0. The van der Waals surface area contributed by atoms with E-state index in [1.165, 1.54) is 11.4 Å². The van der Waals surface area contributed by atoms with Gasteiger partial charge in [0.2, 0.25) is 0 Å². The van der Waals surface area contributed by atoms with E-state index >= 15 is 0 Å². The minimum absolute atomic E-state index is 0.549. The molecule has 0 bridgehead atoms. The predicted octanol–water partition coefficient (Wildman–Crippen LogP) is 2.72. The molecule has 0 aliphatic carbocycles. The first-order valence-corrected chi connectivity index (χ1v) is 5.87. The molecule has 0 amide bonds. The Morgan fingerprint density at radius 2 is 1.73 bits per heavy atom. The molecular formula is C13H24N2. The summed E-state index contributed by atoms with van der Waals surface area (Å²) < 4.78 is 2.31. The predicted molar refractivity (Wildman–Crippen MR) is 65.9 cm³/mol. The van der Waals surface area contributed by atoms with Crippen LogP contribution in [-0.2, 0) is 20.0 Å². The van der Waals surface area contributed by atoms with Crippen LogP contribution in [0.5, 0.6) is 0 Å². The van der Waals surface area contributed by atoms with Crippen molar-refractivity contribution < 1.29 is 0 Å². The molecule has 0 aromatic carbocycles. The highest BCUT2D eigenvalue weighted by Crippen LogP contribution is 2.12. The average Bonchev–Trinajstić information content (AvgIpc) is 2.44. The van der Waals surface area contributed by atoms with E-state index in [2.05, 4.69) is 56.8 Å². The quantitative estimate of drug-likeness (QED) is 0.787. The molecule has 0 spiro atoms. The van der Waals surface area contributed by atoms with Crippen LogP contribution in [0.1, 0.15) is 39.1 Å². The third-order valence-electron chi connectivity index (χ3n) is 2.64. The summed E-state index contributed by atoms with van der Waals surface area (Å²) in [5, 5.41) is 3.45. The van der Waals surface area contributed by atoms with E-state index < -0.39 is 0 Å². The molecule has 1 rings (SSSR count). The second kappa shape index (κ2) is 5.36. The first kappa shape index (κ1) is 12.3. The molecule has 0 aliphatic rings. The van der Waals surface area contributed by atoms with Crippen molar-refractivity contribution >= 4 is 0 Å². The van der Waals surface area contributed by atoms with Gasteiger partial charge in [-0.3, -0.25) is 0 Å². The van der Waals surface area contributed by atoms with Gasteiger partial charge in [0.05, 0.1) is 0 Å². The van der Waals surface area contributed by atoms with Crippen LogP contribution in [0.4, 0.5) is 0 Å². The second-order valence-corrected chi connectivity index (χ2v) is 5.01. The van der Waals surface area contributed by atoms with Crippen molar-refractivity contribution in [1.82, 2.24) is 9.88 Å². The molecule has 0 atom stereocenters. The third kappa shape index (κ3) is 3.71. The monoisotopic (exact) mass is 208 g/mol. The maximum Gasteiger partial charge on any atom is 0.0361 e. The number of rotatable bonds is 5. The maximum atomic E-state index is 3.45. The first-order valence-electron chi connectivity index (χ1n) is 5.87. The molecule has 1 N–H and O–H groups in total. The van der Waals surface area contributed by atoms with Gasteiger partial charge in [-0.2, -0.15) is 0 Å². The van der Waals surface area contributed by atoms with E-state index in [4.69, 9.17) is 0 Å².